The van der Waals surface area contributed by atoms with Crippen LogP contribution in [-0.2, 0) is 4.79 Å². The lowest BCUT2D eigenvalue weighted by atomic mass is 10.0. The van der Waals surface area contributed by atoms with Crippen molar-refractivity contribution in [2.75, 3.05) is 6.61 Å². The number of carboxylic acids is 1. The van der Waals surface area contributed by atoms with E-state index in [2.05, 4.69) is 0 Å². The van der Waals surface area contributed by atoms with Gasteiger partial charge in [0.05, 0.1) is 5.02 Å². The Hall–Kier alpha value is -0.930. The summed E-state index contributed by atoms with van der Waals surface area (Å²) >= 11 is 11.7. The molecule has 0 fully saturated rings. The number of fused-ring (bicyclic) bond motifs is 1. The van der Waals surface area contributed by atoms with Gasteiger partial charge in [-0.15, -0.1) is 0 Å². The van der Waals surface area contributed by atoms with Gasteiger partial charge in [0.2, 0.25) is 0 Å². The summed E-state index contributed by atoms with van der Waals surface area (Å²) in [6.45, 7) is 0.0914. The third-order valence-electron chi connectivity index (χ3n) is 2.14. The molecule has 0 aromatic heterocycles. The van der Waals surface area contributed by atoms with E-state index in [1.807, 2.05) is 0 Å². The predicted octanol–water partition coefficient (Wildman–Crippen LogP) is 2.55. The molecule has 1 N–H and O–H groups in total. The van der Waals surface area contributed by atoms with E-state index >= 15 is 0 Å². The summed E-state index contributed by atoms with van der Waals surface area (Å²) in [5.74, 6) is -1.27. The van der Waals surface area contributed by atoms with Crippen LogP contribution in [-0.4, -0.2) is 17.7 Å². The maximum Gasteiger partial charge on any atom is 0.314 e. The quantitative estimate of drug-likeness (QED) is 0.810. The minimum atomic E-state index is -0.951. The molecule has 0 radical (unpaired) electrons. The zero-order valence-corrected chi connectivity index (χ0v) is 8.47. The molecule has 0 bridgehead atoms. The number of ether oxygens (including phenoxy) is 1. The first-order valence-corrected chi connectivity index (χ1v) is 4.70. The largest absolute Gasteiger partial charge is 0.490 e. The number of hydrogen-bond acceptors (Lipinski definition) is 2. The van der Waals surface area contributed by atoms with Crippen molar-refractivity contribution >= 4 is 29.2 Å². The van der Waals surface area contributed by atoms with Gasteiger partial charge in [-0.3, -0.25) is 4.79 Å². The van der Waals surface area contributed by atoms with Crippen molar-refractivity contribution in [3.63, 3.8) is 0 Å². The molecule has 1 atom stereocenters. The fourth-order valence-corrected chi connectivity index (χ4v) is 1.96. The van der Waals surface area contributed by atoms with Crippen LogP contribution in [0.1, 0.15) is 11.5 Å². The van der Waals surface area contributed by atoms with Gasteiger partial charge in [0.25, 0.3) is 0 Å². The van der Waals surface area contributed by atoms with Gasteiger partial charge < -0.3 is 9.84 Å². The summed E-state index contributed by atoms with van der Waals surface area (Å²) in [4.78, 5) is 10.8. The van der Waals surface area contributed by atoms with Crippen molar-refractivity contribution in [2.45, 2.75) is 5.92 Å². The van der Waals surface area contributed by atoms with Crippen molar-refractivity contribution in [1.29, 1.82) is 0 Å². The summed E-state index contributed by atoms with van der Waals surface area (Å²) < 4.78 is 5.19. The Labute approximate surface area is 90.2 Å². The molecule has 0 spiro atoms. The first-order chi connectivity index (χ1) is 6.61. The molecule has 1 aliphatic rings. The lowest BCUT2D eigenvalue weighted by molar-refractivity contribution is -0.138. The zero-order chi connectivity index (χ0) is 10.3. The third-order valence-corrected chi connectivity index (χ3v) is 2.76. The van der Waals surface area contributed by atoms with Gasteiger partial charge in [0.1, 0.15) is 18.3 Å². The van der Waals surface area contributed by atoms with Crippen LogP contribution in [0, 0.1) is 0 Å². The van der Waals surface area contributed by atoms with E-state index < -0.39 is 11.9 Å². The summed E-state index contributed by atoms with van der Waals surface area (Å²) in [7, 11) is 0. The van der Waals surface area contributed by atoms with Crippen LogP contribution in [0.15, 0.2) is 12.1 Å². The SMILES string of the molecule is O=C(O)C1COc2c(Cl)ccc(Cl)c21. The zero-order valence-electron chi connectivity index (χ0n) is 6.96. The molecular formula is C9H6Cl2O3. The molecule has 0 saturated carbocycles. The molecule has 0 amide bonds. The first-order valence-electron chi connectivity index (χ1n) is 3.94. The highest BCUT2D eigenvalue weighted by Gasteiger charge is 2.33. The number of carboxylic acid groups (broad SMARTS) is 1. The Morgan fingerprint density at radius 2 is 2.07 bits per heavy atom. The Bertz CT molecular complexity index is 403. The highest BCUT2D eigenvalue weighted by Crippen LogP contribution is 2.43. The van der Waals surface area contributed by atoms with Crippen molar-refractivity contribution in [3.05, 3.63) is 27.7 Å². The second kappa shape index (κ2) is 3.33. The molecule has 1 heterocycles. The number of carbonyl (C=O) groups is 1. The maximum absolute atomic E-state index is 10.8. The van der Waals surface area contributed by atoms with Crippen LogP contribution >= 0.6 is 23.2 Å². The maximum atomic E-state index is 10.8. The van der Waals surface area contributed by atoms with Gasteiger partial charge in [-0.1, -0.05) is 23.2 Å². The molecule has 1 aromatic carbocycles. The topological polar surface area (TPSA) is 46.5 Å². The molecule has 14 heavy (non-hydrogen) atoms. The summed E-state index contributed by atoms with van der Waals surface area (Å²) in [6.07, 6.45) is 0. The number of rotatable bonds is 1. The van der Waals surface area contributed by atoms with Crippen LogP contribution in [0.2, 0.25) is 10.0 Å². The molecule has 5 heteroatoms. The average Bonchev–Trinajstić information content (AvgIpc) is 2.56. The number of aliphatic carboxylic acids is 1. The molecule has 3 nitrogen and oxygen atoms in total. The Morgan fingerprint density at radius 1 is 1.43 bits per heavy atom. The van der Waals surface area contributed by atoms with E-state index in [0.717, 1.165) is 0 Å². The second-order valence-electron chi connectivity index (χ2n) is 2.97. The van der Waals surface area contributed by atoms with E-state index in [1.165, 1.54) is 0 Å². The number of halogens is 2. The van der Waals surface area contributed by atoms with E-state index in [1.54, 1.807) is 12.1 Å². The van der Waals surface area contributed by atoms with E-state index in [-0.39, 0.29) is 6.61 Å². The first kappa shape index (κ1) is 9.62. The monoisotopic (exact) mass is 232 g/mol. The second-order valence-corrected chi connectivity index (χ2v) is 3.79. The van der Waals surface area contributed by atoms with E-state index in [0.29, 0.717) is 21.4 Å². The minimum Gasteiger partial charge on any atom is -0.490 e. The smallest absolute Gasteiger partial charge is 0.314 e. The van der Waals surface area contributed by atoms with Gasteiger partial charge in [-0.2, -0.15) is 0 Å². The minimum absolute atomic E-state index is 0.0914. The average molecular weight is 233 g/mol. The number of hydrogen-bond donors (Lipinski definition) is 1. The summed E-state index contributed by atoms with van der Waals surface area (Å²) in [5, 5.41) is 9.67. The molecule has 1 aromatic rings. The van der Waals surface area contributed by atoms with Crippen molar-refractivity contribution in [3.8, 4) is 5.75 Å². The summed E-state index contributed by atoms with van der Waals surface area (Å²) in [6, 6.07) is 3.17. The van der Waals surface area contributed by atoms with Crippen molar-refractivity contribution in [2.24, 2.45) is 0 Å². The van der Waals surface area contributed by atoms with Crippen LogP contribution in [0.4, 0.5) is 0 Å². The van der Waals surface area contributed by atoms with Gasteiger partial charge in [0.15, 0.2) is 0 Å². The van der Waals surface area contributed by atoms with Gasteiger partial charge >= 0.3 is 5.97 Å². The predicted molar refractivity (Wildman–Crippen MR) is 52.3 cm³/mol. The Balaban J connectivity index is 2.58. The number of benzene rings is 1. The molecular weight excluding hydrogens is 227 g/mol. The molecule has 1 aliphatic heterocycles. The molecule has 1 unspecified atom stereocenters. The lowest BCUT2D eigenvalue weighted by Crippen LogP contribution is -2.12. The Morgan fingerprint density at radius 3 is 2.71 bits per heavy atom. The molecule has 0 saturated heterocycles. The van der Waals surface area contributed by atoms with Crippen LogP contribution in [0.25, 0.3) is 0 Å². The van der Waals surface area contributed by atoms with Crippen LogP contribution in [0.3, 0.4) is 0 Å². The van der Waals surface area contributed by atoms with Crippen molar-refractivity contribution < 1.29 is 14.6 Å². The van der Waals surface area contributed by atoms with Crippen molar-refractivity contribution in [1.82, 2.24) is 0 Å². The molecule has 74 valence electrons. The van der Waals surface area contributed by atoms with E-state index in [4.69, 9.17) is 33.0 Å². The fourth-order valence-electron chi connectivity index (χ4n) is 1.47. The van der Waals surface area contributed by atoms with Gasteiger partial charge in [-0.05, 0) is 12.1 Å². The van der Waals surface area contributed by atoms with Gasteiger partial charge in [-0.25, -0.2) is 0 Å². The fraction of sp³-hybridized carbons (Fsp3) is 0.222. The highest BCUT2D eigenvalue weighted by molar-refractivity contribution is 6.35. The Kier molecular flexibility index (Phi) is 2.29. The third kappa shape index (κ3) is 1.33. The van der Waals surface area contributed by atoms with Crippen LogP contribution in [0.5, 0.6) is 5.75 Å². The van der Waals surface area contributed by atoms with E-state index in [9.17, 15) is 4.79 Å². The lowest BCUT2D eigenvalue weighted by Gasteiger charge is -2.04. The summed E-state index contributed by atoms with van der Waals surface area (Å²) in [5.41, 5.74) is 0.478. The highest BCUT2D eigenvalue weighted by atomic mass is 35.5. The molecule has 2 rings (SSSR count). The van der Waals surface area contributed by atoms with Crippen LogP contribution < -0.4 is 4.74 Å². The van der Waals surface area contributed by atoms with Gasteiger partial charge in [0, 0.05) is 10.6 Å². The standard InChI is InChI=1S/C9H6Cl2O3/c10-5-1-2-6(11)8-7(5)4(3-14-8)9(12)13/h1-2,4H,3H2,(H,12,13). The molecule has 0 aliphatic carbocycles. The normalized spacial score (nSPS) is 18.9.